The van der Waals surface area contributed by atoms with E-state index in [0.717, 1.165) is 22.4 Å². The summed E-state index contributed by atoms with van der Waals surface area (Å²) in [7, 11) is 3.40. The molecular weight excluding hydrogens is 430 g/mol. The Hall–Kier alpha value is -4.04. The third-order valence-corrected chi connectivity index (χ3v) is 5.99. The molecule has 172 valence electrons. The maximum atomic E-state index is 12.7. The maximum absolute atomic E-state index is 12.7. The van der Waals surface area contributed by atoms with E-state index in [1.54, 1.807) is 31.0 Å². The van der Waals surface area contributed by atoms with Crippen LogP contribution in [-0.4, -0.2) is 46.3 Å². The van der Waals surface area contributed by atoms with Crippen molar-refractivity contribution in [1.82, 2.24) is 19.5 Å². The summed E-state index contributed by atoms with van der Waals surface area (Å²) in [6, 6.07) is 19.6. The van der Waals surface area contributed by atoms with E-state index in [0.29, 0.717) is 37.0 Å². The van der Waals surface area contributed by atoms with Crippen molar-refractivity contribution in [3.8, 4) is 28.3 Å². The van der Waals surface area contributed by atoms with E-state index in [-0.39, 0.29) is 11.7 Å². The van der Waals surface area contributed by atoms with Gasteiger partial charge in [0.05, 0.1) is 31.6 Å². The number of benzene rings is 2. The molecule has 0 aliphatic carbocycles. The van der Waals surface area contributed by atoms with Gasteiger partial charge in [0, 0.05) is 31.4 Å². The summed E-state index contributed by atoms with van der Waals surface area (Å²) < 4.78 is 13.4. The Kier molecular flexibility index (Phi) is 6.05. The molecule has 34 heavy (non-hydrogen) atoms. The summed E-state index contributed by atoms with van der Waals surface area (Å²) >= 11 is 0. The van der Waals surface area contributed by atoms with Gasteiger partial charge in [0.2, 0.25) is 5.95 Å². The second kappa shape index (κ2) is 9.44. The summed E-state index contributed by atoms with van der Waals surface area (Å²) in [6.45, 7) is 1.66. The summed E-state index contributed by atoms with van der Waals surface area (Å²) in [5.41, 5.74) is 4.15. The predicted molar refractivity (Wildman–Crippen MR) is 130 cm³/mol. The minimum absolute atomic E-state index is 0.147. The van der Waals surface area contributed by atoms with Crippen LogP contribution in [0.4, 0.5) is 5.95 Å². The molecule has 8 heteroatoms. The van der Waals surface area contributed by atoms with Crippen molar-refractivity contribution in [2.45, 2.75) is 6.10 Å². The van der Waals surface area contributed by atoms with Crippen molar-refractivity contribution in [3.63, 3.8) is 0 Å². The molecule has 2 aromatic heterocycles. The van der Waals surface area contributed by atoms with Gasteiger partial charge in [-0.1, -0.05) is 42.5 Å². The minimum atomic E-state index is -0.229. The molecule has 8 nitrogen and oxygen atoms in total. The summed E-state index contributed by atoms with van der Waals surface area (Å²) in [5, 5.41) is 0. The van der Waals surface area contributed by atoms with E-state index in [9.17, 15) is 4.79 Å². The lowest BCUT2D eigenvalue weighted by molar-refractivity contribution is 0.0374. The van der Waals surface area contributed by atoms with Gasteiger partial charge in [-0.2, -0.15) is 0 Å². The Labute approximate surface area is 197 Å². The molecule has 0 N–H and O–H groups in total. The Balaban J connectivity index is 1.46. The average molecular weight is 456 g/mol. The molecule has 1 atom stereocenters. The number of aromatic nitrogens is 4. The normalized spacial score (nSPS) is 15.8. The minimum Gasteiger partial charge on any atom is -0.496 e. The standard InChI is InChI=1S/C26H25N5O3/c1-30-25(32)15-22(21-10-11-27-17-28-21)29-26(30)31-12-13-34-24(16-31)20-9-8-19(14-23(20)33-2)18-6-4-3-5-7-18/h3-11,14-15,17,24H,12-13,16H2,1-2H3. The van der Waals surface area contributed by atoms with Gasteiger partial charge in [-0.05, 0) is 23.3 Å². The Morgan fingerprint density at radius 2 is 1.88 bits per heavy atom. The molecule has 0 saturated carbocycles. The highest BCUT2D eigenvalue weighted by atomic mass is 16.5. The first-order valence-electron chi connectivity index (χ1n) is 11.1. The van der Waals surface area contributed by atoms with Gasteiger partial charge in [0.1, 0.15) is 18.2 Å². The highest BCUT2D eigenvalue weighted by Crippen LogP contribution is 2.35. The SMILES string of the molecule is COc1cc(-c2ccccc2)ccc1C1CN(c2nc(-c3ccncn3)cc(=O)n2C)CCO1. The van der Waals surface area contributed by atoms with Crippen molar-refractivity contribution in [1.29, 1.82) is 0 Å². The first-order valence-corrected chi connectivity index (χ1v) is 11.1. The number of hydrogen-bond donors (Lipinski definition) is 0. The fourth-order valence-electron chi connectivity index (χ4n) is 4.19. The topological polar surface area (TPSA) is 82.4 Å². The van der Waals surface area contributed by atoms with Gasteiger partial charge < -0.3 is 14.4 Å². The number of morpholine rings is 1. The first kappa shape index (κ1) is 21.8. The lowest BCUT2D eigenvalue weighted by atomic mass is 10.00. The summed E-state index contributed by atoms with van der Waals surface area (Å²) in [5.74, 6) is 1.35. The van der Waals surface area contributed by atoms with Gasteiger partial charge in [-0.15, -0.1) is 0 Å². The third-order valence-electron chi connectivity index (χ3n) is 5.99. The molecule has 1 aliphatic heterocycles. The molecule has 1 unspecified atom stereocenters. The number of hydrogen-bond acceptors (Lipinski definition) is 7. The number of rotatable bonds is 5. The molecule has 0 amide bonds. The van der Waals surface area contributed by atoms with E-state index in [1.807, 2.05) is 24.3 Å². The Morgan fingerprint density at radius 1 is 1.03 bits per heavy atom. The number of ether oxygens (including phenoxy) is 2. The van der Waals surface area contributed by atoms with Crippen LogP contribution < -0.4 is 15.2 Å². The molecule has 5 rings (SSSR count). The van der Waals surface area contributed by atoms with E-state index >= 15 is 0 Å². The molecule has 0 radical (unpaired) electrons. The molecule has 3 heterocycles. The second-order valence-electron chi connectivity index (χ2n) is 8.06. The number of anilines is 1. The zero-order valence-corrected chi connectivity index (χ0v) is 19.1. The zero-order valence-electron chi connectivity index (χ0n) is 19.1. The van der Waals surface area contributed by atoms with Gasteiger partial charge >= 0.3 is 0 Å². The molecule has 0 bridgehead atoms. The van der Waals surface area contributed by atoms with Crippen LogP contribution in [0.25, 0.3) is 22.5 Å². The van der Waals surface area contributed by atoms with E-state index in [2.05, 4.69) is 39.1 Å². The van der Waals surface area contributed by atoms with E-state index in [4.69, 9.17) is 14.5 Å². The van der Waals surface area contributed by atoms with E-state index < -0.39 is 0 Å². The van der Waals surface area contributed by atoms with Crippen LogP contribution in [0.2, 0.25) is 0 Å². The van der Waals surface area contributed by atoms with Crippen LogP contribution in [0, 0.1) is 0 Å². The fourth-order valence-corrected chi connectivity index (χ4v) is 4.19. The van der Waals surface area contributed by atoms with Crippen LogP contribution in [0.1, 0.15) is 11.7 Å². The molecule has 1 fully saturated rings. The molecule has 1 saturated heterocycles. The van der Waals surface area contributed by atoms with Crippen LogP contribution in [0.3, 0.4) is 0 Å². The highest BCUT2D eigenvalue weighted by molar-refractivity contribution is 5.66. The highest BCUT2D eigenvalue weighted by Gasteiger charge is 2.27. The first-order chi connectivity index (χ1) is 16.6. The number of methoxy groups -OCH3 is 1. The van der Waals surface area contributed by atoms with Crippen LogP contribution in [-0.2, 0) is 11.8 Å². The van der Waals surface area contributed by atoms with Crippen molar-refractivity contribution in [3.05, 3.63) is 89.1 Å². The van der Waals surface area contributed by atoms with Crippen molar-refractivity contribution >= 4 is 5.95 Å². The largest absolute Gasteiger partial charge is 0.496 e. The van der Waals surface area contributed by atoms with Crippen LogP contribution in [0.15, 0.2) is 78.0 Å². The fraction of sp³-hybridized carbons (Fsp3) is 0.231. The van der Waals surface area contributed by atoms with E-state index in [1.165, 1.54) is 12.4 Å². The maximum Gasteiger partial charge on any atom is 0.255 e. The van der Waals surface area contributed by atoms with Crippen LogP contribution in [0.5, 0.6) is 5.75 Å². The third kappa shape index (κ3) is 4.27. The Morgan fingerprint density at radius 3 is 2.65 bits per heavy atom. The number of nitrogens with zero attached hydrogens (tertiary/aromatic N) is 5. The smallest absolute Gasteiger partial charge is 0.255 e. The summed E-state index contributed by atoms with van der Waals surface area (Å²) in [6.07, 6.45) is 2.86. The lowest BCUT2D eigenvalue weighted by Gasteiger charge is -2.35. The zero-order chi connectivity index (χ0) is 23.5. The molecular formula is C26H25N5O3. The average Bonchev–Trinajstić information content (AvgIpc) is 2.91. The molecule has 2 aromatic carbocycles. The monoisotopic (exact) mass is 455 g/mol. The quantitative estimate of drug-likeness (QED) is 0.456. The van der Waals surface area contributed by atoms with Gasteiger partial charge in [0.25, 0.3) is 5.56 Å². The summed E-state index contributed by atoms with van der Waals surface area (Å²) in [4.78, 5) is 27.7. The Bertz CT molecular complexity index is 1340. The lowest BCUT2D eigenvalue weighted by Crippen LogP contribution is -2.41. The van der Waals surface area contributed by atoms with Crippen molar-refractivity contribution in [2.75, 3.05) is 31.7 Å². The van der Waals surface area contributed by atoms with Crippen molar-refractivity contribution < 1.29 is 9.47 Å². The molecule has 4 aromatic rings. The van der Waals surface area contributed by atoms with Gasteiger partial charge in [-0.25, -0.2) is 15.0 Å². The second-order valence-corrected chi connectivity index (χ2v) is 8.06. The van der Waals surface area contributed by atoms with Crippen molar-refractivity contribution in [2.24, 2.45) is 7.05 Å². The van der Waals surface area contributed by atoms with Gasteiger partial charge in [0.15, 0.2) is 0 Å². The van der Waals surface area contributed by atoms with Crippen LogP contribution >= 0.6 is 0 Å². The molecule has 1 aliphatic rings. The molecule has 0 spiro atoms. The van der Waals surface area contributed by atoms with Gasteiger partial charge in [-0.3, -0.25) is 9.36 Å². The predicted octanol–water partition coefficient (Wildman–Crippen LogP) is 3.49.